The molecule has 0 amide bonds. The normalized spacial score (nSPS) is 17.7. The van der Waals surface area contributed by atoms with Crippen molar-refractivity contribution in [3.05, 3.63) is 54.4 Å². The second-order valence-electron chi connectivity index (χ2n) is 4.29. The summed E-state index contributed by atoms with van der Waals surface area (Å²) in [5, 5.41) is 0. The average molecular weight is 198 g/mol. The first-order valence-electron chi connectivity index (χ1n) is 5.31. The fraction of sp³-hybridized carbons (Fsp3) is 0.231. The van der Waals surface area contributed by atoms with Gasteiger partial charge in [0.1, 0.15) is 0 Å². The van der Waals surface area contributed by atoms with Crippen molar-refractivity contribution in [1.82, 2.24) is 4.57 Å². The number of hydrogen-bond acceptors (Lipinski definition) is 1. The van der Waals surface area contributed by atoms with E-state index < -0.39 is 0 Å². The van der Waals surface area contributed by atoms with Crippen LogP contribution in [0, 0.1) is 0 Å². The Morgan fingerprint density at radius 1 is 1.00 bits per heavy atom. The number of benzene rings is 1. The van der Waals surface area contributed by atoms with Gasteiger partial charge in [-0.05, 0) is 42.7 Å². The summed E-state index contributed by atoms with van der Waals surface area (Å²) in [6.45, 7) is 0. The van der Waals surface area contributed by atoms with Crippen molar-refractivity contribution in [2.75, 3.05) is 0 Å². The van der Waals surface area contributed by atoms with Gasteiger partial charge in [0.25, 0.3) is 0 Å². The summed E-state index contributed by atoms with van der Waals surface area (Å²) >= 11 is 0. The van der Waals surface area contributed by atoms with Crippen LogP contribution >= 0.6 is 0 Å². The van der Waals surface area contributed by atoms with Crippen LogP contribution in [0.15, 0.2) is 48.8 Å². The number of nitrogens with zero attached hydrogens (tertiary/aromatic N) is 1. The van der Waals surface area contributed by atoms with Crippen LogP contribution in [0.4, 0.5) is 0 Å². The molecule has 2 heteroatoms. The Labute approximate surface area is 89.3 Å². The van der Waals surface area contributed by atoms with Crippen LogP contribution in [-0.4, -0.2) is 4.57 Å². The fourth-order valence-electron chi connectivity index (χ4n) is 1.90. The summed E-state index contributed by atoms with van der Waals surface area (Å²) in [6.07, 6.45) is 6.33. The predicted octanol–water partition coefficient (Wildman–Crippen LogP) is 2.43. The van der Waals surface area contributed by atoms with Crippen molar-refractivity contribution >= 4 is 0 Å². The molecule has 2 aromatic rings. The van der Waals surface area contributed by atoms with Gasteiger partial charge in [0.15, 0.2) is 0 Å². The lowest BCUT2D eigenvalue weighted by molar-refractivity contribution is 0.739. The predicted molar refractivity (Wildman–Crippen MR) is 60.9 cm³/mol. The molecular formula is C13H14N2. The molecule has 2 N–H and O–H groups in total. The van der Waals surface area contributed by atoms with E-state index in [-0.39, 0.29) is 5.54 Å². The molecule has 0 unspecified atom stereocenters. The molecule has 0 saturated heterocycles. The molecule has 2 nitrogen and oxygen atoms in total. The minimum absolute atomic E-state index is 0.0186. The molecule has 0 atom stereocenters. The van der Waals surface area contributed by atoms with Gasteiger partial charge in [0.2, 0.25) is 0 Å². The van der Waals surface area contributed by atoms with Gasteiger partial charge in [0, 0.05) is 23.6 Å². The van der Waals surface area contributed by atoms with Crippen LogP contribution in [-0.2, 0) is 5.54 Å². The fourth-order valence-corrected chi connectivity index (χ4v) is 1.90. The van der Waals surface area contributed by atoms with Gasteiger partial charge >= 0.3 is 0 Å². The SMILES string of the molecule is NC1(c2ccc(-n3cccc3)cc2)CC1. The molecule has 1 aliphatic rings. The van der Waals surface area contributed by atoms with E-state index >= 15 is 0 Å². The lowest BCUT2D eigenvalue weighted by Gasteiger charge is -2.10. The van der Waals surface area contributed by atoms with Gasteiger partial charge in [-0.15, -0.1) is 0 Å². The third-order valence-electron chi connectivity index (χ3n) is 3.13. The van der Waals surface area contributed by atoms with E-state index in [4.69, 9.17) is 5.73 Å². The lowest BCUT2D eigenvalue weighted by Crippen LogP contribution is -2.18. The van der Waals surface area contributed by atoms with Crippen molar-refractivity contribution in [2.45, 2.75) is 18.4 Å². The minimum atomic E-state index is -0.0186. The molecule has 1 aromatic heterocycles. The van der Waals surface area contributed by atoms with Gasteiger partial charge < -0.3 is 10.3 Å². The third kappa shape index (κ3) is 1.47. The molecule has 0 aliphatic heterocycles. The quantitative estimate of drug-likeness (QED) is 0.789. The van der Waals surface area contributed by atoms with Crippen LogP contribution in [0.3, 0.4) is 0 Å². The van der Waals surface area contributed by atoms with E-state index in [2.05, 4.69) is 28.8 Å². The van der Waals surface area contributed by atoms with Crippen molar-refractivity contribution in [1.29, 1.82) is 0 Å². The Kier molecular flexibility index (Phi) is 1.73. The Hall–Kier alpha value is -1.54. The summed E-state index contributed by atoms with van der Waals surface area (Å²) in [5.41, 5.74) is 8.56. The largest absolute Gasteiger partial charge is 0.324 e. The van der Waals surface area contributed by atoms with E-state index in [0.717, 1.165) is 12.8 Å². The van der Waals surface area contributed by atoms with E-state index in [0.29, 0.717) is 0 Å². The number of rotatable bonds is 2. The van der Waals surface area contributed by atoms with E-state index in [1.165, 1.54) is 11.3 Å². The number of nitrogens with two attached hydrogens (primary N) is 1. The van der Waals surface area contributed by atoms with Gasteiger partial charge in [-0.25, -0.2) is 0 Å². The summed E-state index contributed by atoms with van der Waals surface area (Å²) in [4.78, 5) is 0. The van der Waals surface area contributed by atoms with E-state index in [9.17, 15) is 0 Å². The van der Waals surface area contributed by atoms with Crippen LogP contribution < -0.4 is 5.73 Å². The Balaban J connectivity index is 1.94. The van der Waals surface area contributed by atoms with Crippen molar-refractivity contribution in [3.8, 4) is 5.69 Å². The van der Waals surface area contributed by atoms with Gasteiger partial charge in [-0.1, -0.05) is 12.1 Å². The smallest absolute Gasteiger partial charge is 0.0449 e. The van der Waals surface area contributed by atoms with Crippen LogP contribution in [0.1, 0.15) is 18.4 Å². The standard InChI is InChI=1S/C13H14N2/c14-13(7-8-13)11-3-5-12(6-4-11)15-9-1-2-10-15/h1-6,9-10H,7-8,14H2. The van der Waals surface area contributed by atoms with E-state index in [1.807, 2.05) is 24.5 Å². The highest BCUT2D eigenvalue weighted by molar-refractivity contribution is 5.39. The molecule has 1 saturated carbocycles. The highest BCUT2D eigenvalue weighted by Gasteiger charge is 2.39. The second-order valence-corrected chi connectivity index (χ2v) is 4.29. The maximum absolute atomic E-state index is 6.13. The minimum Gasteiger partial charge on any atom is -0.324 e. The Bertz CT molecular complexity index is 450. The number of hydrogen-bond donors (Lipinski definition) is 1. The van der Waals surface area contributed by atoms with Crippen LogP contribution in [0.2, 0.25) is 0 Å². The van der Waals surface area contributed by atoms with Gasteiger partial charge in [0.05, 0.1) is 0 Å². The zero-order valence-corrected chi connectivity index (χ0v) is 8.56. The molecule has 0 radical (unpaired) electrons. The van der Waals surface area contributed by atoms with Crippen LogP contribution in [0.5, 0.6) is 0 Å². The zero-order valence-electron chi connectivity index (χ0n) is 8.56. The molecule has 76 valence electrons. The first-order valence-corrected chi connectivity index (χ1v) is 5.31. The zero-order chi connectivity index (χ0) is 10.3. The summed E-state index contributed by atoms with van der Waals surface area (Å²) in [5.74, 6) is 0. The van der Waals surface area contributed by atoms with Crippen LogP contribution in [0.25, 0.3) is 5.69 Å². The summed E-state index contributed by atoms with van der Waals surface area (Å²) < 4.78 is 2.10. The van der Waals surface area contributed by atoms with E-state index in [1.54, 1.807) is 0 Å². The summed E-state index contributed by atoms with van der Waals surface area (Å²) in [7, 11) is 0. The van der Waals surface area contributed by atoms with Crippen molar-refractivity contribution in [2.24, 2.45) is 5.73 Å². The van der Waals surface area contributed by atoms with Crippen molar-refractivity contribution in [3.63, 3.8) is 0 Å². The average Bonchev–Trinajstić information content (AvgIpc) is 2.84. The molecule has 15 heavy (non-hydrogen) atoms. The molecule has 1 aromatic carbocycles. The second kappa shape index (κ2) is 2.97. The van der Waals surface area contributed by atoms with Crippen molar-refractivity contribution < 1.29 is 0 Å². The molecule has 0 spiro atoms. The number of aromatic nitrogens is 1. The molecular weight excluding hydrogens is 184 g/mol. The highest BCUT2D eigenvalue weighted by Crippen LogP contribution is 2.42. The maximum Gasteiger partial charge on any atom is 0.0449 e. The molecule has 3 rings (SSSR count). The molecule has 0 bridgehead atoms. The molecule has 1 aliphatic carbocycles. The molecule has 1 heterocycles. The third-order valence-corrected chi connectivity index (χ3v) is 3.13. The summed E-state index contributed by atoms with van der Waals surface area (Å²) in [6, 6.07) is 12.6. The van der Waals surface area contributed by atoms with Gasteiger partial charge in [-0.2, -0.15) is 0 Å². The Morgan fingerprint density at radius 3 is 2.13 bits per heavy atom. The highest BCUT2D eigenvalue weighted by atomic mass is 14.9. The topological polar surface area (TPSA) is 30.9 Å². The molecule has 1 fully saturated rings. The van der Waals surface area contributed by atoms with Gasteiger partial charge in [-0.3, -0.25) is 0 Å². The maximum atomic E-state index is 6.13. The monoisotopic (exact) mass is 198 g/mol. The first kappa shape index (κ1) is 8.74. The lowest BCUT2D eigenvalue weighted by atomic mass is 10.1. The Morgan fingerprint density at radius 2 is 1.60 bits per heavy atom. The first-order chi connectivity index (χ1) is 7.28.